The highest BCUT2D eigenvalue weighted by Gasteiger charge is 2.42. The number of rotatable bonds is 4. The minimum absolute atomic E-state index is 0.0484. The van der Waals surface area contributed by atoms with Crippen molar-refractivity contribution in [2.45, 2.75) is 24.6 Å². The summed E-state index contributed by atoms with van der Waals surface area (Å²) in [6.07, 6.45) is -4.60. The number of nitrogens with two attached hydrogens (primary N) is 1. The molecule has 1 aliphatic heterocycles. The molecule has 24 heavy (non-hydrogen) atoms. The SMILES string of the molecule is NC(=O)CN1CC[C@@H](c2ccc(F)cc2)[C@H](NC(=O)C(F)(F)F)C1. The summed E-state index contributed by atoms with van der Waals surface area (Å²) in [7, 11) is 0. The second-order valence-electron chi connectivity index (χ2n) is 5.73. The Morgan fingerprint density at radius 2 is 1.88 bits per heavy atom. The topological polar surface area (TPSA) is 75.4 Å². The van der Waals surface area contributed by atoms with Gasteiger partial charge in [0, 0.05) is 18.5 Å². The molecule has 0 radical (unpaired) electrons. The molecule has 1 fully saturated rings. The van der Waals surface area contributed by atoms with Gasteiger partial charge in [0.25, 0.3) is 0 Å². The smallest absolute Gasteiger partial charge is 0.369 e. The molecule has 2 rings (SSSR count). The number of primary amides is 1. The van der Waals surface area contributed by atoms with Crippen molar-refractivity contribution in [1.82, 2.24) is 10.2 Å². The van der Waals surface area contributed by atoms with Gasteiger partial charge in [-0.3, -0.25) is 14.5 Å². The highest BCUT2D eigenvalue weighted by molar-refractivity contribution is 5.82. The maximum atomic E-state index is 13.0. The van der Waals surface area contributed by atoms with E-state index in [9.17, 15) is 27.2 Å². The van der Waals surface area contributed by atoms with Crippen LogP contribution in [0.2, 0.25) is 0 Å². The molecule has 0 unspecified atom stereocenters. The van der Waals surface area contributed by atoms with Gasteiger partial charge in [-0.2, -0.15) is 13.2 Å². The lowest BCUT2D eigenvalue weighted by Crippen LogP contribution is -2.55. The lowest BCUT2D eigenvalue weighted by atomic mass is 9.85. The first kappa shape index (κ1) is 18.2. The van der Waals surface area contributed by atoms with Crippen molar-refractivity contribution < 1.29 is 27.2 Å². The van der Waals surface area contributed by atoms with Gasteiger partial charge in [-0.25, -0.2) is 4.39 Å². The Morgan fingerprint density at radius 3 is 2.42 bits per heavy atom. The van der Waals surface area contributed by atoms with Crippen LogP contribution in [0, 0.1) is 5.82 Å². The zero-order chi connectivity index (χ0) is 17.9. The van der Waals surface area contributed by atoms with Crippen LogP contribution in [0.1, 0.15) is 17.9 Å². The van der Waals surface area contributed by atoms with Crippen LogP contribution in [0.15, 0.2) is 24.3 Å². The van der Waals surface area contributed by atoms with Crippen LogP contribution >= 0.6 is 0 Å². The van der Waals surface area contributed by atoms with E-state index in [1.807, 2.05) is 5.32 Å². The number of likely N-dealkylation sites (tertiary alicyclic amines) is 1. The maximum absolute atomic E-state index is 13.0. The van der Waals surface area contributed by atoms with Crippen LogP contribution in [0.4, 0.5) is 17.6 Å². The fourth-order valence-electron chi connectivity index (χ4n) is 2.89. The van der Waals surface area contributed by atoms with Crippen LogP contribution in [0.25, 0.3) is 0 Å². The van der Waals surface area contributed by atoms with Crippen molar-refractivity contribution in [3.63, 3.8) is 0 Å². The van der Waals surface area contributed by atoms with Crippen LogP contribution in [-0.2, 0) is 9.59 Å². The van der Waals surface area contributed by atoms with Crippen molar-refractivity contribution in [2.24, 2.45) is 5.73 Å². The van der Waals surface area contributed by atoms with E-state index in [1.165, 1.54) is 24.3 Å². The van der Waals surface area contributed by atoms with Crippen molar-refractivity contribution in [3.05, 3.63) is 35.6 Å². The fourth-order valence-corrected chi connectivity index (χ4v) is 2.89. The third-order valence-electron chi connectivity index (χ3n) is 3.95. The normalized spacial score (nSPS) is 22.2. The number of alkyl halides is 3. The number of carbonyl (C=O) groups excluding carboxylic acids is 2. The Balaban J connectivity index is 2.19. The van der Waals surface area contributed by atoms with Gasteiger partial charge in [0.1, 0.15) is 5.82 Å². The largest absolute Gasteiger partial charge is 0.471 e. The molecule has 0 spiro atoms. The number of amides is 2. The van der Waals surface area contributed by atoms with Gasteiger partial charge in [-0.1, -0.05) is 12.1 Å². The van der Waals surface area contributed by atoms with Gasteiger partial charge in [0.2, 0.25) is 5.91 Å². The highest BCUT2D eigenvalue weighted by atomic mass is 19.4. The fraction of sp³-hybridized carbons (Fsp3) is 0.467. The second kappa shape index (κ2) is 7.16. The molecule has 5 nitrogen and oxygen atoms in total. The molecule has 0 aromatic heterocycles. The summed E-state index contributed by atoms with van der Waals surface area (Å²) in [6.45, 7) is 0.380. The van der Waals surface area contributed by atoms with Crippen LogP contribution < -0.4 is 11.1 Å². The third-order valence-corrected chi connectivity index (χ3v) is 3.95. The Morgan fingerprint density at radius 1 is 1.25 bits per heavy atom. The van der Waals surface area contributed by atoms with Crippen molar-refractivity contribution in [1.29, 1.82) is 0 Å². The van der Waals surface area contributed by atoms with E-state index in [2.05, 4.69) is 0 Å². The number of benzene rings is 1. The van der Waals surface area contributed by atoms with E-state index in [-0.39, 0.29) is 13.1 Å². The van der Waals surface area contributed by atoms with Gasteiger partial charge in [0.05, 0.1) is 6.54 Å². The zero-order valence-corrected chi connectivity index (χ0v) is 12.6. The van der Waals surface area contributed by atoms with Crippen LogP contribution in [0.3, 0.4) is 0 Å². The molecule has 1 saturated heterocycles. The molecule has 2 amide bonds. The van der Waals surface area contributed by atoms with Gasteiger partial charge in [-0.15, -0.1) is 0 Å². The average Bonchev–Trinajstić information content (AvgIpc) is 2.47. The first-order valence-corrected chi connectivity index (χ1v) is 7.30. The average molecular weight is 347 g/mol. The summed E-state index contributed by atoms with van der Waals surface area (Å²) in [4.78, 5) is 23.9. The summed E-state index contributed by atoms with van der Waals surface area (Å²) in [5.41, 5.74) is 5.74. The summed E-state index contributed by atoms with van der Waals surface area (Å²) in [5, 5.41) is 1.97. The summed E-state index contributed by atoms with van der Waals surface area (Å²) < 4.78 is 50.7. The molecule has 0 saturated carbocycles. The van der Waals surface area contributed by atoms with Crippen molar-refractivity contribution in [3.8, 4) is 0 Å². The number of halogens is 4. The molecular formula is C15H17F4N3O2. The van der Waals surface area contributed by atoms with Crippen LogP contribution in [-0.4, -0.2) is 48.6 Å². The molecule has 9 heteroatoms. The zero-order valence-electron chi connectivity index (χ0n) is 12.6. The number of nitrogens with zero attached hydrogens (tertiary/aromatic N) is 1. The predicted molar refractivity (Wildman–Crippen MR) is 77.4 cm³/mol. The number of hydrogen-bond acceptors (Lipinski definition) is 3. The van der Waals surface area contributed by atoms with E-state index in [0.29, 0.717) is 18.5 Å². The van der Waals surface area contributed by atoms with E-state index >= 15 is 0 Å². The lowest BCUT2D eigenvalue weighted by molar-refractivity contribution is -0.174. The Hall–Kier alpha value is -2.16. The minimum Gasteiger partial charge on any atom is -0.369 e. The van der Waals surface area contributed by atoms with E-state index in [1.54, 1.807) is 4.90 Å². The van der Waals surface area contributed by atoms with E-state index in [0.717, 1.165) is 0 Å². The van der Waals surface area contributed by atoms with Gasteiger partial charge in [-0.05, 0) is 30.7 Å². The van der Waals surface area contributed by atoms with Gasteiger partial charge in [0.15, 0.2) is 0 Å². The minimum atomic E-state index is -5.00. The third kappa shape index (κ3) is 4.67. The molecule has 1 aromatic carbocycles. The summed E-state index contributed by atoms with van der Waals surface area (Å²) in [6, 6.07) is 4.53. The van der Waals surface area contributed by atoms with Crippen LogP contribution in [0.5, 0.6) is 0 Å². The summed E-state index contributed by atoms with van der Waals surface area (Å²) in [5.74, 6) is -3.52. The van der Waals surface area contributed by atoms with E-state index < -0.39 is 35.8 Å². The molecule has 0 bridgehead atoms. The number of nitrogens with one attached hydrogen (secondary N) is 1. The lowest BCUT2D eigenvalue weighted by Gasteiger charge is -2.38. The predicted octanol–water partition coefficient (Wildman–Crippen LogP) is 1.15. The molecule has 0 aliphatic carbocycles. The molecule has 1 heterocycles. The van der Waals surface area contributed by atoms with Crippen molar-refractivity contribution in [2.75, 3.05) is 19.6 Å². The van der Waals surface area contributed by atoms with Gasteiger partial charge >= 0.3 is 12.1 Å². The maximum Gasteiger partial charge on any atom is 0.471 e. The van der Waals surface area contributed by atoms with Crippen molar-refractivity contribution >= 4 is 11.8 Å². The standard InChI is InChI=1S/C15H17F4N3O2/c16-10-3-1-9(2-4-10)11-5-6-22(8-13(20)23)7-12(11)21-14(24)15(17,18)19/h1-4,11-12H,5-8H2,(H2,20,23)(H,21,24)/t11-,12+/m0/s1. The number of carbonyl (C=O) groups is 2. The quantitative estimate of drug-likeness (QED) is 0.803. The number of hydrogen-bond donors (Lipinski definition) is 2. The molecular weight excluding hydrogens is 330 g/mol. The Bertz CT molecular complexity index is 604. The first-order valence-electron chi connectivity index (χ1n) is 7.30. The number of piperidine rings is 1. The molecule has 1 aliphatic rings. The second-order valence-corrected chi connectivity index (χ2v) is 5.73. The van der Waals surface area contributed by atoms with E-state index in [4.69, 9.17) is 5.73 Å². The summed E-state index contributed by atoms with van der Waals surface area (Å²) >= 11 is 0. The van der Waals surface area contributed by atoms with Gasteiger partial charge < -0.3 is 11.1 Å². The first-order chi connectivity index (χ1) is 11.2. The molecule has 3 N–H and O–H groups in total. The highest BCUT2D eigenvalue weighted by Crippen LogP contribution is 2.29. The molecule has 2 atom stereocenters. The Labute approximate surface area is 135 Å². The molecule has 132 valence electrons. The Kier molecular flexibility index (Phi) is 5.43. The molecule has 1 aromatic rings. The monoisotopic (exact) mass is 347 g/mol.